The van der Waals surface area contributed by atoms with Crippen LogP contribution in [0.2, 0.25) is 0 Å². The van der Waals surface area contributed by atoms with E-state index in [4.69, 9.17) is 5.26 Å². The number of nitrogens with zero attached hydrogens (tertiary/aromatic N) is 3. The van der Waals surface area contributed by atoms with Crippen LogP contribution in [0.1, 0.15) is 26.4 Å². The lowest BCUT2D eigenvalue weighted by Gasteiger charge is -2.06. The summed E-state index contributed by atoms with van der Waals surface area (Å²) in [7, 11) is 0. The zero-order chi connectivity index (χ0) is 15.7. The van der Waals surface area contributed by atoms with E-state index in [1.54, 1.807) is 35.6 Å². The quantitative estimate of drug-likeness (QED) is 0.786. The Labute approximate surface area is 131 Å². The molecule has 6 heteroatoms. The average molecular weight is 308 g/mol. The van der Waals surface area contributed by atoms with Gasteiger partial charge in [0, 0.05) is 10.4 Å². The van der Waals surface area contributed by atoms with Gasteiger partial charge in [0.2, 0.25) is 0 Å². The van der Waals surface area contributed by atoms with E-state index >= 15 is 0 Å². The number of benzene rings is 1. The molecule has 0 saturated heterocycles. The molecule has 5 nitrogen and oxygen atoms in total. The second kappa shape index (κ2) is 5.54. The molecule has 0 aliphatic heterocycles. The zero-order valence-electron chi connectivity index (χ0n) is 12.0. The van der Waals surface area contributed by atoms with E-state index in [-0.39, 0.29) is 5.91 Å². The summed E-state index contributed by atoms with van der Waals surface area (Å²) in [6, 6.07) is 8.59. The van der Waals surface area contributed by atoms with E-state index in [0.29, 0.717) is 16.9 Å². The van der Waals surface area contributed by atoms with Crippen LogP contribution in [0.15, 0.2) is 30.6 Å². The van der Waals surface area contributed by atoms with Crippen molar-refractivity contribution in [2.45, 2.75) is 13.8 Å². The summed E-state index contributed by atoms with van der Waals surface area (Å²) in [6.45, 7) is 4.01. The minimum Gasteiger partial charge on any atom is -0.306 e. The fraction of sp³-hybridized carbons (Fsp3) is 0.125. The van der Waals surface area contributed by atoms with Gasteiger partial charge in [-0.15, -0.1) is 11.3 Å². The van der Waals surface area contributed by atoms with Crippen LogP contribution in [0.4, 0.5) is 5.82 Å². The van der Waals surface area contributed by atoms with Gasteiger partial charge in [-0.25, -0.2) is 9.97 Å². The summed E-state index contributed by atoms with van der Waals surface area (Å²) in [4.78, 5) is 22.8. The highest BCUT2D eigenvalue weighted by Gasteiger charge is 2.15. The van der Waals surface area contributed by atoms with E-state index in [9.17, 15) is 4.79 Å². The van der Waals surface area contributed by atoms with Crippen molar-refractivity contribution in [3.8, 4) is 6.07 Å². The maximum atomic E-state index is 12.4. The summed E-state index contributed by atoms with van der Waals surface area (Å²) in [5.41, 5.74) is 1.94. The number of fused-ring (bicyclic) bond motifs is 1. The predicted octanol–water partition coefficient (Wildman–Crippen LogP) is 3.43. The van der Waals surface area contributed by atoms with Crippen molar-refractivity contribution in [1.29, 1.82) is 5.26 Å². The number of rotatable bonds is 2. The van der Waals surface area contributed by atoms with Gasteiger partial charge in [-0.3, -0.25) is 4.79 Å². The number of anilines is 1. The molecule has 0 bridgehead atoms. The van der Waals surface area contributed by atoms with Gasteiger partial charge in [0.25, 0.3) is 5.91 Å². The van der Waals surface area contributed by atoms with E-state index in [1.807, 2.05) is 19.9 Å². The molecule has 0 aliphatic carbocycles. The third-order valence-electron chi connectivity index (χ3n) is 3.45. The van der Waals surface area contributed by atoms with E-state index in [0.717, 1.165) is 20.7 Å². The number of nitrogens with one attached hydrogen (secondary N) is 1. The van der Waals surface area contributed by atoms with Gasteiger partial charge in [0.15, 0.2) is 0 Å². The number of amides is 1. The molecule has 1 amide bonds. The van der Waals surface area contributed by atoms with Gasteiger partial charge < -0.3 is 5.32 Å². The first-order chi connectivity index (χ1) is 10.6. The maximum absolute atomic E-state index is 12.4. The summed E-state index contributed by atoms with van der Waals surface area (Å²) in [6.07, 6.45) is 1.44. The van der Waals surface area contributed by atoms with Crippen LogP contribution in [-0.2, 0) is 0 Å². The van der Waals surface area contributed by atoms with E-state index < -0.39 is 0 Å². The van der Waals surface area contributed by atoms with Crippen LogP contribution >= 0.6 is 11.3 Å². The monoisotopic (exact) mass is 308 g/mol. The standard InChI is InChI=1S/C16H12N4OS/c1-9-10(2)22-16-13(9)14(18-8-19-16)20-15(21)12-5-3-4-11(6-12)7-17/h3-6,8H,1-2H3,(H,18,19,20,21). The number of aromatic nitrogens is 2. The third kappa shape index (κ3) is 2.43. The number of thiophene rings is 1. The van der Waals surface area contributed by atoms with Gasteiger partial charge >= 0.3 is 0 Å². The van der Waals surface area contributed by atoms with Crippen LogP contribution in [0.5, 0.6) is 0 Å². The molecule has 2 heterocycles. The van der Waals surface area contributed by atoms with Crippen LogP contribution in [0.3, 0.4) is 0 Å². The molecule has 0 spiro atoms. The molecule has 0 saturated carbocycles. The Balaban J connectivity index is 1.99. The van der Waals surface area contributed by atoms with Crippen LogP contribution < -0.4 is 5.32 Å². The SMILES string of the molecule is Cc1sc2ncnc(NC(=O)c3cccc(C#N)c3)c2c1C. The Morgan fingerprint density at radius 2 is 2.14 bits per heavy atom. The van der Waals surface area contributed by atoms with Gasteiger partial charge in [-0.1, -0.05) is 6.07 Å². The van der Waals surface area contributed by atoms with Crippen molar-refractivity contribution in [1.82, 2.24) is 9.97 Å². The number of carbonyl (C=O) groups excluding carboxylic acids is 1. The molecule has 3 rings (SSSR count). The third-order valence-corrected chi connectivity index (χ3v) is 4.57. The molecular weight excluding hydrogens is 296 g/mol. The minimum absolute atomic E-state index is 0.291. The maximum Gasteiger partial charge on any atom is 0.256 e. The molecule has 22 heavy (non-hydrogen) atoms. The second-order valence-corrected chi connectivity index (χ2v) is 6.04. The number of nitriles is 1. The number of hydrogen-bond acceptors (Lipinski definition) is 5. The topological polar surface area (TPSA) is 78.7 Å². The molecule has 1 N–H and O–H groups in total. The lowest BCUT2D eigenvalue weighted by atomic mass is 10.1. The summed E-state index contributed by atoms with van der Waals surface area (Å²) in [5.74, 6) is 0.208. The lowest BCUT2D eigenvalue weighted by Crippen LogP contribution is -2.13. The minimum atomic E-state index is -0.291. The predicted molar refractivity (Wildman–Crippen MR) is 86.0 cm³/mol. The average Bonchev–Trinajstić information content (AvgIpc) is 2.83. The molecule has 2 aromatic heterocycles. The molecular formula is C16H12N4OS. The highest BCUT2D eigenvalue weighted by molar-refractivity contribution is 7.18. The molecule has 0 radical (unpaired) electrons. The molecule has 108 valence electrons. The van der Waals surface area contributed by atoms with Crippen LogP contribution in [0, 0.1) is 25.2 Å². The van der Waals surface area contributed by atoms with Gasteiger partial charge in [0.05, 0.1) is 17.0 Å². The van der Waals surface area contributed by atoms with Crippen LogP contribution in [0.25, 0.3) is 10.2 Å². The van der Waals surface area contributed by atoms with Gasteiger partial charge in [0.1, 0.15) is 17.0 Å². The Morgan fingerprint density at radius 1 is 1.32 bits per heavy atom. The highest BCUT2D eigenvalue weighted by atomic mass is 32.1. The van der Waals surface area contributed by atoms with Crippen molar-refractivity contribution in [2.75, 3.05) is 5.32 Å². The summed E-state index contributed by atoms with van der Waals surface area (Å²) < 4.78 is 0. The molecule has 0 aliphatic rings. The summed E-state index contributed by atoms with van der Waals surface area (Å²) in [5, 5.41) is 12.6. The Morgan fingerprint density at radius 3 is 2.91 bits per heavy atom. The molecule has 0 fully saturated rings. The van der Waals surface area contributed by atoms with Crippen molar-refractivity contribution >= 4 is 33.3 Å². The van der Waals surface area contributed by atoms with E-state index in [2.05, 4.69) is 15.3 Å². The first-order valence-electron chi connectivity index (χ1n) is 6.62. The smallest absolute Gasteiger partial charge is 0.256 e. The molecule has 3 aromatic rings. The van der Waals surface area contributed by atoms with Gasteiger partial charge in [-0.05, 0) is 37.6 Å². The Bertz CT molecular complexity index is 924. The van der Waals surface area contributed by atoms with E-state index in [1.165, 1.54) is 6.33 Å². The summed E-state index contributed by atoms with van der Waals surface area (Å²) >= 11 is 1.58. The fourth-order valence-corrected chi connectivity index (χ4v) is 3.18. The second-order valence-electron chi connectivity index (χ2n) is 4.83. The first kappa shape index (κ1) is 14.2. The molecule has 0 atom stereocenters. The number of hydrogen-bond donors (Lipinski definition) is 1. The van der Waals surface area contributed by atoms with Crippen molar-refractivity contribution in [3.63, 3.8) is 0 Å². The van der Waals surface area contributed by atoms with Crippen molar-refractivity contribution < 1.29 is 4.79 Å². The number of carbonyl (C=O) groups is 1. The molecule has 1 aromatic carbocycles. The van der Waals surface area contributed by atoms with Gasteiger partial charge in [-0.2, -0.15) is 5.26 Å². The number of aryl methyl sites for hydroxylation is 2. The highest BCUT2D eigenvalue weighted by Crippen LogP contribution is 2.32. The normalized spacial score (nSPS) is 10.4. The Kier molecular flexibility index (Phi) is 3.57. The van der Waals surface area contributed by atoms with Crippen molar-refractivity contribution in [3.05, 3.63) is 52.2 Å². The largest absolute Gasteiger partial charge is 0.306 e. The Hall–Kier alpha value is -2.78. The first-order valence-corrected chi connectivity index (χ1v) is 7.44. The fourth-order valence-electron chi connectivity index (χ4n) is 2.19. The zero-order valence-corrected chi connectivity index (χ0v) is 12.9. The van der Waals surface area contributed by atoms with Crippen LogP contribution in [-0.4, -0.2) is 15.9 Å². The molecule has 0 unspecified atom stereocenters. The van der Waals surface area contributed by atoms with Crippen molar-refractivity contribution in [2.24, 2.45) is 0 Å². The lowest BCUT2D eigenvalue weighted by molar-refractivity contribution is 0.102.